The number of halogens is 1. The van der Waals surface area contributed by atoms with Crippen molar-refractivity contribution in [1.82, 2.24) is 15.2 Å². The zero-order chi connectivity index (χ0) is 20.2. The van der Waals surface area contributed by atoms with E-state index in [2.05, 4.69) is 40.5 Å². The summed E-state index contributed by atoms with van der Waals surface area (Å²) in [5.41, 5.74) is 11.6. The summed E-state index contributed by atoms with van der Waals surface area (Å²) in [6.07, 6.45) is 6.16. The van der Waals surface area contributed by atoms with Crippen LogP contribution in [0.2, 0.25) is 0 Å². The number of nitrogens with one attached hydrogen (secondary N) is 1. The molecule has 1 aromatic carbocycles. The van der Waals surface area contributed by atoms with E-state index in [1.54, 1.807) is 0 Å². The molecule has 1 aromatic heterocycles. The van der Waals surface area contributed by atoms with Gasteiger partial charge in [-0.1, -0.05) is 30.3 Å². The van der Waals surface area contributed by atoms with Crippen LogP contribution >= 0.6 is 0 Å². The van der Waals surface area contributed by atoms with E-state index < -0.39 is 0 Å². The van der Waals surface area contributed by atoms with E-state index in [0.717, 1.165) is 50.0 Å². The van der Waals surface area contributed by atoms with Crippen LogP contribution < -0.4 is 11.1 Å². The van der Waals surface area contributed by atoms with E-state index in [0.29, 0.717) is 12.6 Å². The zero-order valence-corrected chi connectivity index (χ0v) is 17.2. The van der Waals surface area contributed by atoms with Gasteiger partial charge >= 0.3 is 0 Å². The van der Waals surface area contributed by atoms with Gasteiger partial charge < -0.3 is 11.1 Å². The highest BCUT2D eigenvalue weighted by Gasteiger charge is 2.30. The second kappa shape index (κ2) is 9.16. The summed E-state index contributed by atoms with van der Waals surface area (Å²) in [6, 6.07) is 13.4. The lowest BCUT2D eigenvalue weighted by molar-refractivity contribution is 0.165. The lowest BCUT2D eigenvalue weighted by atomic mass is 9.89. The van der Waals surface area contributed by atoms with Crippen LogP contribution in [0.4, 0.5) is 4.39 Å². The van der Waals surface area contributed by atoms with Crippen molar-refractivity contribution >= 4 is 0 Å². The Bertz CT molecular complexity index is 879. The monoisotopic (exact) mass is 394 g/mol. The molecule has 0 radical (unpaired) electrons. The molecule has 2 aromatic rings. The summed E-state index contributed by atoms with van der Waals surface area (Å²) in [5.74, 6) is -0.200. The molecule has 0 saturated carbocycles. The number of hydrogen-bond donors (Lipinski definition) is 2. The molecule has 0 fully saturated rings. The molecule has 1 aliphatic heterocycles. The minimum absolute atomic E-state index is 0.0335. The second-order valence-corrected chi connectivity index (χ2v) is 8.33. The molecule has 1 aliphatic carbocycles. The molecule has 0 bridgehead atoms. The molecule has 0 spiro atoms. The average molecular weight is 395 g/mol. The van der Waals surface area contributed by atoms with E-state index in [4.69, 9.17) is 10.7 Å². The first kappa shape index (κ1) is 20.2. The summed E-state index contributed by atoms with van der Waals surface area (Å²) in [4.78, 5) is 7.14. The van der Waals surface area contributed by atoms with Gasteiger partial charge in [0.15, 0.2) is 0 Å². The van der Waals surface area contributed by atoms with Gasteiger partial charge in [-0.25, -0.2) is 4.39 Å². The summed E-state index contributed by atoms with van der Waals surface area (Å²) >= 11 is 0. The highest BCUT2D eigenvalue weighted by atomic mass is 19.1. The van der Waals surface area contributed by atoms with Crippen LogP contribution in [0.15, 0.2) is 54.0 Å². The Hall–Kier alpha value is -2.08. The van der Waals surface area contributed by atoms with Gasteiger partial charge in [0, 0.05) is 38.4 Å². The predicted molar refractivity (Wildman–Crippen MR) is 115 cm³/mol. The Labute approximate surface area is 173 Å². The third kappa shape index (κ3) is 4.58. The van der Waals surface area contributed by atoms with E-state index in [1.165, 1.54) is 16.7 Å². The van der Waals surface area contributed by atoms with Crippen LogP contribution in [0.25, 0.3) is 0 Å². The average Bonchev–Trinajstić information content (AvgIpc) is 2.77. The fourth-order valence-electron chi connectivity index (χ4n) is 4.74. The van der Waals surface area contributed by atoms with Gasteiger partial charge in [-0.05, 0) is 60.9 Å². The molecule has 4 nitrogen and oxygen atoms in total. The number of fused-ring (bicyclic) bond motifs is 2. The highest BCUT2D eigenvalue weighted by molar-refractivity contribution is 5.30. The van der Waals surface area contributed by atoms with E-state index >= 15 is 0 Å². The van der Waals surface area contributed by atoms with Crippen molar-refractivity contribution in [2.45, 2.75) is 51.2 Å². The molecule has 0 amide bonds. The standard InChI is InChI=1S/C24H31FN4/c1-17(22(25)13-26)15-29(23-10-4-8-18-9-5-11-27-24(18)23)16-21-12-19-6-2-3-7-20(19)14-28-21/h2-3,5-7,9,11,21,23,28H,4,8,10,12-16,26H2,1H3/b22-17+/t21-,23+/m1/s1. The fraction of sp³-hybridized carbons (Fsp3) is 0.458. The Morgan fingerprint density at radius 3 is 2.83 bits per heavy atom. The number of rotatable bonds is 6. The first-order valence-corrected chi connectivity index (χ1v) is 10.7. The third-order valence-electron chi connectivity index (χ3n) is 6.31. The molecule has 2 heterocycles. The van der Waals surface area contributed by atoms with Gasteiger partial charge in [-0.15, -0.1) is 0 Å². The second-order valence-electron chi connectivity index (χ2n) is 8.33. The minimum atomic E-state index is -0.200. The molecular formula is C24H31FN4. The van der Waals surface area contributed by atoms with Crippen LogP contribution in [-0.4, -0.2) is 35.6 Å². The van der Waals surface area contributed by atoms with Crippen molar-refractivity contribution in [3.63, 3.8) is 0 Å². The van der Waals surface area contributed by atoms with Crippen molar-refractivity contribution < 1.29 is 4.39 Å². The third-order valence-corrected chi connectivity index (χ3v) is 6.31. The van der Waals surface area contributed by atoms with Crippen LogP contribution in [0.5, 0.6) is 0 Å². The maximum Gasteiger partial charge on any atom is 0.114 e. The number of aryl methyl sites for hydroxylation is 1. The molecular weight excluding hydrogens is 363 g/mol. The summed E-state index contributed by atoms with van der Waals surface area (Å²) < 4.78 is 14.2. The Morgan fingerprint density at radius 1 is 1.21 bits per heavy atom. The predicted octanol–water partition coefficient (Wildman–Crippen LogP) is 3.68. The lowest BCUT2D eigenvalue weighted by Crippen LogP contribution is -2.47. The lowest BCUT2D eigenvalue weighted by Gasteiger charge is -2.38. The van der Waals surface area contributed by atoms with Crippen molar-refractivity contribution in [3.05, 3.63) is 76.4 Å². The van der Waals surface area contributed by atoms with Crippen molar-refractivity contribution in [1.29, 1.82) is 0 Å². The summed E-state index contributed by atoms with van der Waals surface area (Å²) in [5, 5.41) is 3.69. The zero-order valence-electron chi connectivity index (χ0n) is 17.2. The fourth-order valence-corrected chi connectivity index (χ4v) is 4.74. The van der Waals surface area contributed by atoms with Gasteiger partial charge in [0.05, 0.1) is 11.7 Å². The maximum absolute atomic E-state index is 14.2. The number of pyridine rings is 1. The topological polar surface area (TPSA) is 54.2 Å². The first-order chi connectivity index (χ1) is 14.2. The number of nitrogens with two attached hydrogens (primary N) is 1. The van der Waals surface area contributed by atoms with Crippen LogP contribution in [-0.2, 0) is 19.4 Å². The minimum Gasteiger partial charge on any atom is -0.325 e. The normalized spacial score (nSPS) is 22.1. The van der Waals surface area contributed by atoms with Gasteiger partial charge in [0.1, 0.15) is 5.83 Å². The Kier molecular flexibility index (Phi) is 6.38. The van der Waals surface area contributed by atoms with E-state index in [9.17, 15) is 4.39 Å². The van der Waals surface area contributed by atoms with Crippen molar-refractivity contribution in [2.24, 2.45) is 5.73 Å². The van der Waals surface area contributed by atoms with Crippen LogP contribution in [0.3, 0.4) is 0 Å². The summed E-state index contributed by atoms with van der Waals surface area (Å²) in [7, 11) is 0. The van der Waals surface area contributed by atoms with Crippen LogP contribution in [0.1, 0.15) is 48.2 Å². The summed E-state index contributed by atoms with van der Waals surface area (Å²) in [6.45, 7) is 4.17. The van der Waals surface area contributed by atoms with Crippen molar-refractivity contribution in [3.8, 4) is 0 Å². The van der Waals surface area contributed by atoms with Gasteiger partial charge in [-0.2, -0.15) is 0 Å². The molecule has 0 unspecified atom stereocenters. The number of hydrogen-bond acceptors (Lipinski definition) is 4. The largest absolute Gasteiger partial charge is 0.325 e. The number of benzene rings is 1. The maximum atomic E-state index is 14.2. The van der Waals surface area contributed by atoms with Gasteiger partial charge in [0.25, 0.3) is 0 Å². The van der Waals surface area contributed by atoms with Gasteiger partial charge in [-0.3, -0.25) is 9.88 Å². The Morgan fingerprint density at radius 2 is 2.00 bits per heavy atom. The van der Waals surface area contributed by atoms with Crippen LogP contribution in [0, 0.1) is 0 Å². The molecule has 154 valence electrons. The molecule has 5 heteroatoms. The van der Waals surface area contributed by atoms with E-state index in [-0.39, 0.29) is 18.4 Å². The SMILES string of the molecule is C/C(CN(C[C@H]1Cc2ccccc2CN1)[C@H]1CCCc2cccnc21)=C(\F)CN. The Balaban J connectivity index is 1.58. The molecule has 2 aliphatic rings. The molecule has 4 rings (SSSR count). The molecule has 3 N–H and O–H groups in total. The molecule has 2 atom stereocenters. The van der Waals surface area contributed by atoms with E-state index in [1.807, 2.05) is 19.2 Å². The smallest absolute Gasteiger partial charge is 0.114 e. The van der Waals surface area contributed by atoms with Crippen molar-refractivity contribution in [2.75, 3.05) is 19.6 Å². The number of nitrogens with zero attached hydrogens (tertiary/aromatic N) is 2. The first-order valence-electron chi connectivity index (χ1n) is 10.7. The molecule has 0 saturated heterocycles. The van der Waals surface area contributed by atoms with Gasteiger partial charge in [0.2, 0.25) is 0 Å². The highest BCUT2D eigenvalue weighted by Crippen LogP contribution is 2.34. The quantitative estimate of drug-likeness (QED) is 0.785. The number of aromatic nitrogens is 1. The molecule has 29 heavy (non-hydrogen) atoms.